The van der Waals surface area contributed by atoms with Crippen molar-refractivity contribution in [1.29, 1.82) is 0 Å². The summed E-state index contributed by atoms with van der Waals surface area (Å²) in [5.74, 6) is 0.810. The summed E-state index contributed by atoms with van der Waals surface area (Å²) in [4.78, 5) is 4.80. The molecule has 1 aromatic carbocycles. The predicted octanol–water partition coefficient (Wildman–Crippen LogP) is 3.75. The predicted molar refractivity (Wildman–Crippen MR) is 113 cm³/mol. The zero-order chi connectivity index (χ0) is 16.5. The maximum atomic E-state index is 6.47. The first-order chi connectivity index (χ1) is 11.2. The van der Waals surface area contributed by atoms with E-state index in [1.165, 1.54) is 5.56 Å². The van der Waals surface area contributed by atoms with Crippen LogP contribution in [0.4, 0.5) is 0 Å². The quantitative estimate of drug-likeness (QED) is 0.292. The second-order valence-electron chi connectivity index (χ2n) is 5.74. The highest BCUT2D eigenvalue weighted by Crippen LogP contribution is 2.38. The topological polar surface area (TPSA) is 45.7 Å². The van der Waals surface area contributed by atoms with E-state index < -0.39 is 0 Å². The summed E-state index contributed by atoms with van der Waals surface area (Å²) in [5, 5.41) is 7.33. The first-order valence-corrected chi connectivity index (χ1v) is 8.55. The number of hydrogen-bond donors (Lipinski definition) is 2. The molecular formula is C18H27ClIN3O. The molecule has 0 aliphatic carbocycles. The number of benzene rings is 1. The monoisotopic (exact) mass is 463 g/mol. The second kappa shape index (κ2) is 10.9. The molecule has 0 bridgehead atoms. The van der Waals surface area contributed by atoms with Crippen molar-refractivity contribution in [3.8, 4) is 0 Å². The second-order valence-corrected chi connectivity index (χ2v) is 6.14. The highest BCUT2D eigenvalue weighted by Gasteiger charge is 2.36. The van der Waals surface area contributed by atoms with E-state index in [0.717, 1.165) is 43.6 Å². The molecule has 1 aliphatic heterocycles. The molecule has 6 heteroatoms. The van der Waals surface area contributed by atoms with E-state index in [2.05, 4.69) is 30.2 Å². The van der Waals surface area contributed by atoms with Crippen molar-refractivity contribution in [3.63, 3.8) is 0 Å². The Morgan fingerprint density at radius 1 is 1.33 bits per heavy atom. The van der Waals surface area contributed by atoms with Crippen molar-refractivity contribution in [2.24, 2.45) is 4.99 Å². The van der Waals surface area contributed by atoms with Crippen molar-refractivity contribution in [3.05, 3.63) is 47.5 Å². The van der Waals surface area contributed by atoms with Crippen LogP contribution < -0.4 is 10.6 Å². The average Bonchev–Trinajstić information content (AvgIpc) is 2.58. The Bertz CT molecular complexity index is 545. The van der Waals surface area contributed by atoms with Gasteiger partial charge >= 0.3 is 0 Å². The van der Waals surface area contributed by atoms with Gasteiger partial charge in [0, 0.05) is 36.7 Å². The molecule has 1 heterocycles. The Hall–Kier alpha value is -0.790. The summed E-state index contributed by atoms with van der Waals surface area (Å²) in [6, 6.07) is 8.09. The van der Waals surface area contributed by atoms with Gasteiger partial charge in [-0.05, 0) is 31.4 Å². The lowest BCUT2D eigenvalue weighted by atomic mass is 9.74. The van der Waals surface area contributed by atoms with Gasteiger partial charge in [0.1, 0.15) is 0 Å². The van der Waals surface area contributed by atoms with E-state index in [1.54, 1.807) is 0 Å². The highest BCUT2D eigenvalue weighted by atomic mass is 127. The Morgan fingerprint density at radius 3 is 2.67 bits per heavy atom. The maximum absolute atomic E-state index is 6.47. The Kier molecular flexibility index (Phi) is 9.69. The molecule has 1 aromatic rings. The molecule has 1 fully saturated rings. The van der Waals surface area contributed by atoms with Gasteiger partial charge in [-0.1, -0.05) is 35.9 Å². The fourth-order valence-corrected chi connectivity index (χ4v) is 3.24. The minimum Gasteiger partial charge on any atom is -0.381 e. The fourth-order valence-electron chi connectivity index (χ4n) is 2.91. The van der Waals surface area contributed by atoms with Crippen molar-refractivity contribution in [2.45, 2.75) is 25.2 Å². The van der Waals surface area contributed by atoms with Crippen LogP contribution in [0.15, 0.2) is 41.9 Å². The number of rotatable bonds is 6. The molecular weight excluding hydrogens is 437 g/mol. The van der Waals surface area contributed by atoms with Crippen LogP contribution >= 0.6 is 35.6 Å². The molecule has 2 N–H and O–H groups in total. The van der Waals surface area contributed by atoms with Crippen LogP contribution in [0.2, 0.25) is 5.02 Å². The molecule has 0 aromatic heterocycles. The molecule has 0 atom stereocenters. The Morgan fingerprint density at radius 2 is 2.04 bits per heavy atom. The van der Waals surface area contributed by atoms with Gasteiger partial charge in [0.2, 0.25) is 0 Å². The zero-order valence-corrected chi connectivity index (χ0v) is 17.3. The van der Waals surface area contributed by atoms with E-state index in [-0.39, 0.29) is 29.4 Å². The van der Waals surface area contributed by atoms with E-state index in [4.69, 9.17) is 21.3 Å². The van der Waals surface area contributed by atoms with Gasteiger partial charge in [0.05, 0.1) is 6.54 Å². The van der Waals surface area contributed by atoms with Crippen LogP contribution in [-0.4, -0.2) is 38.8 Å². The fraction of sp³-hybridized carbons (Fsp3) is 0.500. The SMILES string of the molecule is C=CCNC(=NCC1(c2ccccc2Cl)CCOCC1)NCC.I. The summed E-state index contributed by atoms with van der Waals surface area (Å²) in [6.07, 6.45) is 3.69. The number of halogens is 2. The minimum absolute atomic E-state index is 0. The average molecular weight is 464 g/mol. The third-order valence-corrected chi connectivity index (χ3v) is 4.52. The van der Waals surface area contributed by atoms with Crippen LogP contribution in [0.3, 0.4) is 0 Å². The maximum Gasteiger partial charge on any atom is 0.191 e. The largest absolute Gasteiger partial charge is 0.381 e. The van der Waals surface area contributed by atoms with Crippen LogP contribution in [0.25, 0.3) is 0 Å². The molecule has 1 aliphatic rings. The van der Waals surface area contributed by atoms with Gasteiger partial charge in [-0.3, -0.25) is 4.99 Å². The summed E-state index contributed by atoms with van der Waals surface area (Å²) in [5.41, 5.74) is 1.11. The number of aliphatic imine (C=N–C) groups is 1. The molecule has 24 heavy (non-hydrogen) atoms. The molecule has 0 radical (unpaired) electrons. The van der Waals surface area contributed by atoms with Gasteiger partial charge in [0.15, 0.2) is 5.96 Å². The Balaban J connectivity index is 0.00000288. The van der Waals surface area contributed by atoms with Gasteiger partial charge < -0.3 is 15.4 Å². The minimum atomic E-state index is -0.0624. The van der Waals surface area contributed by atoms with E-state index in [0.29, 0.717) is 13.1 Å². The normalized spacial score (nSPS) is 16.8. The summed E-state index contributed by atoms with van der Waals surface area (Å²) >= 11 is 6.47. The summed E-state index contributed by atoms with van der Waals surface area (Å²) < 4.78 is 5.57. The lowest BCUT2D eigenvalue weighted by Crippen LogP contribution is -2.41. The smallest absolute Gasteiger partial charge is 0.191 e. The molecule has 0 unspecified atom stereocenters. The third kappa shape index (κ3) is 5.63. The van der Waals surface area contributed by atoms with E-state index >= 15 is 0 Å². The lowest BCUT2D eigenvalue weighted by Gasteiger charge is -2.37. The first kappa shape index (κ1) is 21.3. The third-order valence-electron chi connectivity index (χ3n) is 4.19. The number of ether oxygens (including phenoxy) is 1. The van der Waals surface area contributed by atoms with Crippen LogP contribution in [0.1, 0.15) is 25.3 Å². The van der Waals surface area contributed by atoms with Crippen LogP contribution in [0.5, 0.6) is 0 Å². The standard InChI is InChI=1S/C18H26ClN3O.HI/c1-3-11-21-17(20-4-2)22-14-18(9-12-23-13-10-18)15-7-5-6-8-16(15)19;/h3,5-8H,1,4,9-14H2,2H3,(H2,20,21,22);1H. The molecule has 0 amide bonds. The molecule has 134 valence electrons. The van der Waals surface area contributed by atoms with Crippen LogP contribution in [0, 0.1) is 0 Å². The number of nitrogens with one attached hydrogen (secondary N) is 2. The van der Waals surface area contributed by atoms with Crippen molar-refractivity contribution < 1.29 is 4.74 Å². The Labute approximate surface area is 167 Å². The number of nitrogens with zero attached hydrogens (tertiary/aromatic N) is 1. The van der Waals surface area contributed by atoms with Gasteiger partial charge in [0.25, 0.3) is 0 Å². The highest BCUT2D eigenvalue weighted by molar-refractivity contribution is 14.0. The molecule has 0 spiro atoms. The molecule has 4 nitrogen and oxygen atoms in total. The van der Waals surface area contributed by atoms with Gasteiger partial charge in [-0.2, -0.15) is 0 Å². The molecule has 1 saturated heterocycles. The molecule has 0 saturated carbocycles. The first-order valence-electron chi connectivity index (χ1n) is 8.17. The van der Waals surface area contributed by atoms with Crippen molar-refractivity contribution >= 4 is 41.5 Å². The van der Waals surface area contributed by atoms with Crippen molar-refractivity contribution in [2.75, 3.05) is 32.8 Å². The van der Waals surface area contributed by atoms with Crippen molar-refractivity contribution in [1.82, 2.24) is 10.6 Å². The van der Waals surface area contributed by atoms with E-state index in [9.17, 15) is 0 Å². The number of guanidine groups is 1. The van der Waals surface area contributed by atoms with Gasteiger partial charge in [-0.15, -0.1) is 30.6 Å². The zero-order valence-electron chi connectivity index (χ0n) is 14.2. The lowest BCUT2D eigenvalue weighted by molar-refractivity contribution is 0.0531. The van der Waals surface area contributed by atoms with Gasteiger partial charge in [-0.25, -0.2) is 0 Å². The summed E-state index contributed by atoms with van der Waals surface area (Å²) in [6.45, 7) is 9.49. The van der Waals surface area contributed by atoms with Crippen LogP contribution in [-0.2, 0) is 10.2 Å². The molecule has 2 rings (SSSR count). The summed E-state index contributed by atoms with van der Waals surface area (Å²) in [7, 11) is 0. The van der Waals surface area contributed by atoms with E-state index in [1.807, 2.05) is 24.3 Å². The number of hydrogen-bond acceptors (Lipinski definition) is 2.